The van der Waals surface area contributed by atoms with E-state index in [-0.39, 0.29) is 10.6 Å². The summed E-state index contributed by atoms with van der Waals surface area (Å²) in [5, 5.41) is 2.67. The number of thiazole rings is 1. The van der Waals surface area contributed by atoms with Crippen LogP contribution in [0.3, 0.4) is 0 Å². The molecule has 0 radical (unpaired) electrons. The van der Waals surface area contributed by atoms with Crippen LogP contribution in [0.5, 0.6) is 0 Å². The van der Waals surface area contributed by atoms with Crippen LogP contribution < -0.4 is 14.5 Å². The third-order valence-electron chi connectivity index (χ3n) is 4.23. The van der Waals surface area contributed by atoms with Crippen molar-refractivity contribution < 1.29 is 17.6 Å². The number of benzene rings is 2. The average molecular weight is 423 g/mol. The number of halogens is 1. The standard InChI is InChI=1S/C18H18FN3O4S2/c1-11(22(28(3,25)26)14-7-4-12(19)5-8-14)17(23)20-13-6-9-15-16(10-13)27-18(24)21(15)2/h4-11H,1-3H3,(H,20,23). The molecule has 3 aromatic rings. The summed E-state index contributed by atoms with van der Waals surface area (Å²) in [6.07, 6.45) is 0.980. The monoisotopic (exact) mass is 423 g/mol. The zero-order valence-corrected chi connectivity index (χ0v) is 17.0. The van der Waals surface area contributed by atoms with Crippen LogP contribution in [0.1, 0.15) is 6.92 Å². The van der Waals surface area contributed by atoms with Gasteiger partial charge in [-0.2, -0.15) is 0 Å². The van der Waals surface area contributed by atoms with E-state index in [1.807, 2.05) is 0 Å². The van der Waals surface area contributed by atoms with Crippen molar-refractivity contribution in [1.82, 2.24) is 4.57 Å². The Morgan fingerprint density at radius 1 is 1.21 bits per heavy atom. The fourth-order valence-electron chi connectivity index (χ4n) is 2.86. The van der Waals surface area contributed by atoms with Crippen molar-refractivity contribution in [2.45, 2.75) is 13.0 Å². The van der Waals surface area contributed by atoms with Crippen LogP contribution in [0.15, 0.2) is 47.3 Å². The van der Waals surface area contributed by atoms with Crippen LogP contribution in [-0.4, -0.2) is 31.2 Å². The number of nitrogens with zero attached hydrogens (tertiary/aromatic N) is 2. The number of hydrogen-bond acceptors (Lipinski definition) is 5. The first kappa shape index (κ1) is 20.0. The molecule has 28 heavy (non-hydrogen) atoms. The topological polar surface area (TPSA) is 88.5 Å². The Kier molecular flexibility index (Phi) is 5.26. The number of nitrogens with one attached hydrogen (secondary N) is 1. The molecule has 0 fully saturated rings. The molecule has 3 rings (SSSR count). The molecule has 1 unspecified atom stereocenters. The highest BCUT2D eigenvalue weighted by molar-refractivity contribution is 7.92. The average Bonchev–Trinajstić information content (AvgIpc) is 2.89. The molecule has 0 saturated heterocycles. The summed E-state index contributed by atoms with van der Waals surface area (Å²) in [6, 6.07) is 8.79. The van der Waals surface area contributed by atoms with Gasteiger partial charge in [-0.05, 0) is 49.4 Å². The molecule has 1 amide bonds. The third-order valence-corrected chi connectivity index (χ3v) is 6.47. The van der Waals surface area contributed by atoms with Crippen LogP contribution in [0.2, 0.25) is 0 Å². The van der Waals surface area contributed by atoms with Gasteiger partial charge in [0.05, 0.1) is 22.2 Å². The number of aryl methyl sites for hydroxylation is 1. The number of sulfonamides is 1. The lowest BCUT2D eigenvalue weighted by atomic mass is 10.2. The van der Waals surface area contributed by atoms with E-state index in [2.05, 4.69) is 5.32 Å². The van der Waals surface area contributed by atoms with Crippen molar-refractivity contribution in [1.29, 1.82) is 0 Å². The van der Waals surface area contributed by atoms with E-state index >= 15 is 0 Å². The minimum Gasteiger partial charge on any atom is -0.324 e. The number of anilines is 2. The Morgan fingerprint density at radius 2 is 1.86 bits per heavy atom. The van der Waals surface area contributed by atoms with Crippen LogP contribution in [-0.2, 0) is 21.9 Å². The van der Waals surface area contributed by atoms with Crippen molar-refractivity contribution in [3.63, 3.8) is 0 Å². The van der Waals surface area contributed by atoms with E-state index in [9.17, 15) is 22.4 Å². The molecule has 10 heteroatoms. The van der Waals surface area contributed by atoms with Gasteiger partial charge in [-0.15, -0.1) is 0 Å². The van der Waals surface area contributed by atoms with Gasteiger partial charge >= 0.3 is 4.87 Å². The lowest BCUT2D eigenvalue weighted by Gasteiger charge is -2.28. The van der Waals surface area contributed by atoms with Gasteiger partial charge in [0.25, 0.3) is 0 Å². The van der Waals surface area contributed by atoms with Gasteiger partial charge in [-0.1, -0.05) is 11.3 Å². The van der Waals surface area contributed by atoms with Gasteiger partial charge in [0.2, 0.25) is 15.9 Å². The first-order valence-corrected chi connectivity index (χ1v) is 10.9. The molecule has 1 aromatic heterocycles. The van der Waals surface area contributed by atoms with Gasteiger partial charge in [0.1, 0.15) is 11.9 Å². The van der Waals surface area contributed by atoms with E-state index in [0.717, 1.165) is 39.5 Å². The van der Waals surface area contributed by atoms with E-state index in [4.69, 9.17) is 0 Å². The number of carbonyl (C=O) groups is 1. The zero-order valence-electron chi connectivity index (χ0n) is 15.3. The summed E-state index contributed by atoms with van der Waals surface area (Å²) in [6.45, 7) is 1.44. The van der Waals surface area contributed by atoms with Gasteiger partial charge < -0.3 is 9.88 Å². The van der Waals surface area contributed by atoms with Crippen LogP contribution in [0.25, 0.3) is 10.2 Å². The van der Waals surface area contributed by atoms with Crippen LogP contribution in [0.4, 0.5) is 15.8 Å². The lowest BCUT2D eigenvalue weighted by Crippen LogP contribution is -2.45. The highest BCUT2D eigenvalue weighted by atomic mass is 32.2. The van der Waals surface area contributed by atoms with Crippen molar-refractivity contribution in [3.05, 3.63) is 57.9 Å². The number of fused-ring (bicyclic) bond motifs is 1. The minimum atomic E-state index is -3.80. The Balaban J connectivity index is 1.89. The Morgan fingerprint density at radius 3 is 2.46 bits per heavy atom. The van der Waals surface area contributed by atoms with Crippen LogP contribution in [0, 0.1) is 5.82 Å². The highest BCUT2D eigenvalue weighted by Gasteiger charge is 2.29. The Labute approximate surface area is 165 Å². The predicted octanol–water partition coefficient (Wildman–Crippen LogP) is 2.53. The third kappa shape index (κ3) is 3.92. The van der Waals surface area contributed by atoms with Gasteiger partial charge in [0.15, 0.2) is 0 Å². The van der Waals surface area contributed by atoms with Crippen LogP contribution >= 0.6 is 11.3 Å². The van der Waals surface area contributed by atoms with Gasteiger partial charge in [0, 0.05) is 12.7 Å². The number of aromatic nitrogens is 1. The molecule has 0 saturated carbocycles. The summed E-state index contributed by atoms with van der Waals surface area (Å²) in [5.74, 6) is -1.07. The number of rotatable bonds is 5. The maximum absolute atomic E-state index is 13.2. The molecule has 0 spiro atoms. The molecular weight excluding hydrogens is 405 g/mol. The highest BCUT2D eigenvalue weighted by Crippen LogP contribution is 2.24. The molecule has 0 aliphatic carbocycles. The van der Waals surface area contributed by atoms with Crippen molar-refractivity contribution in [2.75, 3.05) is 15.9 Å². The molecule has 148 valence electrons. The molecule has 7 nitrogen and oxygen atoms in total. The summed E-state index contributed by atoms with van der Waals surface area (Å²) in [5.41, 5.74) is 1.37. The molecular formula is C18H18FN3O4S2. The Hall–Kier alpha value is -2.72. The Bertz CT molecular complexity index is 1200. The summed E-state index contributed by atoms with van der Waals surface area (Å²) in [4.78, 5) is 24.3. The second-order valence-corrected chi connectivity index (χ2v) is 9.16. The largest absolute Gasteiger partial charge is 0.324 e. The van der Waals surface area contributed by atoms with Crippen molar-refractivity contribution in [2.24, 2.45) is 7.05 Å². The van der Waals surface area contributed by atoms with Gasteiger partial charge in [-0.3, -0.25) is 13.9 Å². The minimum absolute atomic E-state index is 0.119. The van der Waals surface area contributed by atoms with E-state index in [1.165, 1.54) is 23.6 Å². The number of amides is 1. The van der Waals surface area contributed by atoms with Gasteiger partial charge in [-0.25, -0.2) is 12.8 Å². The molecule has 1 N–H and O–H groups in total. The molecule has 0 aliphatic heterocycles. The maximum atomic E-state index is 13.2. The lowest BCUT2D eigenvalue weighted by molar-refractivity contribution is -0.116. The second kappa shape index (κ2) is 7.36. The number of hydrogen-bond donors (Lipinski definition) is 1. The maximum Gasteiger partial charge on any atom is 0.307 e. The first-order chi connectivity index (χ1) is 13.1. The summed E-state index contributed by atoms with van der Waals surface area (Å²) < 4.78 is 40.8. The second-order valence-electron chi connectivity index (χ2n) is 6.31. The normalized spacial score (nSPS) is 12.7. The summed E-state index contributed by atoms with van der Waals surface area (Å²) >= 11 is 1.05. The first-order valence-electron chi connectivity index (χ1n) is 8.23. The summed E-state index contributed by atoms with van der Waals surface area (Å²) in [7, 11) is -2.14. The SMILES string of the molecule is CC(C(=O)Nc1ccc2c(c1)sc(=O)n2C)N(c1ccc(F)cc1)S(C)(=O)=O. The fourth-order valence-corrected chi connectivity index (χ4v) is 4.95. The fraction of sp³-hybridized carbons (Fsp3) is 0.222. The van der Waals surface area contributed by atoms with E-state index < -0.39 is 27.8 Å². The van der Waals surface area contributed by atoms with Crippen molar-refractivity contribution in [3.8, 4) is 0 Å². The quantitative estimate of drug-likeness (QED) is 0.683. The van der Waals surface area contributed by atoms with Crippen molar-refractivity contribution >= 4 is 48.9 Å². The smallest absolute Gasteiger partial charge is 0.307 e. The molecule has 2 aromatic carbocycles. The zero-order chi connectivity index (χ0) is 20.6. The number of carbonyl (C=O) groups excluding carboxylic acids is 1. The molecule has 0 bridgehead atoms. The van der Waals surface area contributed by atoms with E-state index in [0.29, 0.717) is 10.4 Å². The predicted molar refractivity (Wildman–Crippen MR) is 109 cm³/mol. The molecule has 0 aliphatic rings. The molecule has 1 atom stereocenters. The van der Waals surface area contributed by atoms with E-state index in [1.54, 1.807) is 25.2 Å². The molecule has 1 heterocycles.